The Morgan fingerprint density at radius 1 is 1.75 bits per heavy atom. The summed E-state index contributed by atoms with van der Waals surface area (Å²) in [5.74, 6) is 0. The van der Waals surface area contributed by atoms with Crippen LogP contribution in [0.4, 0.5) is 0 Å². The maximum Gasteiger partial charge on any atom is 2.00 e. The molecule has 0 spiro atoms. The molecule has 5 heteroatoms. The molecule has 0 aliphatic carbocycles. The van der Waals surface area contributed by atoms with E-state index in [1.807, 2.05) is 0 Å². The molecular weight excluding hydrogens is 139 g/mol. The van der Waals surface area contributed by atoms with Crippen molar-refractivity contribution in [1.82, 2.24) is 0 Å². The molecule has 8 heavy (non-hydrogen) atoms. The van der Waals surface area contributed by atoms with E-state index >= 15 is 0 Å². The first kappa shape index (κ1) is 11.6. The van der Waals surface area contributed by atoms with Crippen LogP contribution < -0.4 is 0 Å². The van der Waals surface area contributed by atoms with Gasteiger partial charge >= 0.3 is 31.3 Å². The van der Waals surface area contributed by atoms with Gasteiger partial charge in [0.15, 0.2) is 0 Å². The Kier molecular flexibility index (Phi) is 11.3. The third-order valence-electron chi connectivity index (χ3n) is 0.384. The summed E-state index contributed by atoms with van der Waals surface area (Å²) in [6.45, 7) is 2.19. The van der Waals surface area contributed by atoms with Crippen LogP contribution in [0.1, 0.15) is 9.78 Å². The summed E-state index contributed by atoms with van der Waals surface area (Å²) < 4.78 is 18.9. The number of hydrogen-bond donors (Lipinski definition) is 0. The minimum atomic E-state index is -1.83. The first-order chi connectivity index (χ1) is 3.31. The van der Waals surface area contributed by atoms with Crippen molar-refractivity contribution in [2.45, 2.75) is 6.92 Å². The maximum absolute atomic E-state index is 10.1. The van der Waals surface area contributed by atoms with Crippen LogP contribution in [-0.4, -0.2) is 36.8 Å². The molecule has 3 nitrogen and oxygen atoms in total. The summed E-state index contributed by atoms with van der Waals surface area (Å²) in [5, 5.41) is 0. The first-order valence-electron chi connectivity index (χ1n) is 1.95. The van der Waals surface area contributed by atoms with E-state index in [0.717, 1.165) is 0 Å². The Morgan fingerprint density at radius 2 is 2.25 bits per heavy atom. The average molecular weight is 149 g/mol. The smallest absolute Gasteiger partial charge is 1.00 e. The molecule has 0 aromatic heterocycles. The van der Waals surface area contributed by atoms with Crippen molar-refractivity contribution in [2.75, 3.05) is 13.7 Å². The molecule has 0 amide bonds. The van der Waals surface area contributed by atoms with Crippen molar-refractivity contribution in [1.29, 1.82) is 0 Å². The van der Waals surface area contributed by atoms with Crippen LogP contribution in [0.25, 0.3) is 0 Å². The SMILES string of the molecule is CCO[P+](=O)OC.[H-].[H-].[Mg+2]. The van der Waals surface area contributed by atoms with Gasteiger partial charge in [0.25, 0.3) is 0 Å². The minimum absolute atomic E-state index is 0. The summed E-state index contributed by atoms with van der Waals surface area (Å²) >= 11 is 0. The van der Waals surface area contributed by atoms with Crippen molar-refractivity contribution < 1.29 is 16.5 Å². The van der Waals surface area contributed by atoms with E-state index in [4.69, 9.17) is 0 Å². The van der Waals surface area contributed by atoms with Gasteiger partial charge in [0.05, 0.1) is 7.11 Å². The largest absolute Gasteiger partial charge is 2.00 e. The number of hydrogen-bond acceptors (Lipinski definition) is 3. The monoisotopic (exact) mass is 149 g/mol. The summed E-state index contributed by atoms with van der Waals surface area (Å²) in [4.78, 5) is 0. The third kappa shape index (κ3) is 6.79. The van der Waals surface area contributed by atoms with Crippen LogP contribution in [0.15, 0.2) is 0 Å². The third-order valence-corrected chi connectivity index (χ3v) is 1.15. The van der Waals surface area contributed by atoms with E-state index in [1.54, 1.807) is 6.92 Å². The topological polar surface area (TPSA) is 35.5 Å². The van der Waals surface area contributed by atoms with Crippen LogP contribution in [0.5, 0.6) is 0 Å². The van der Waals surface area contributed by atoms with Gasteiger partial charge in [0.1, 0.15) is 6.61 Å². The molecule has 0 N–H and O–H groups in total. The molecule has 0 saturated carbocycles. The van der Waals surface area contributed by atoms with Crippen molar-refractivity contribution in [3.63, 3.8) is 0 Å². The zero-order valence-corrected chi connectivity index (χ0v) is 7.39. The van der Waals surface area contributed by atoms with E-state index in [2.05, 4.69) is 9.05 Å². The van der Waals surface area contributed by atoms with Gasteiger partial charge in [-0.3, -0.25) is 0 Å². The summed E-state index contributed by atoms with van der Waals surface area (Å²) in [6, 6.07) is 0. The van der Waals surface area contributed by atoms with E-state index in [-0.39, 0.29) is 25.9 Å². The summed E-state index contributed by atoms with van der Waals surface area (Å²) in [5.41, 5.74) is 0. The second-order valence-electron chi connectivity index (χ2n) is 0.824. The minimum Gasteiger partial charge on any atom is -1.00 e. The number of rotatable bonds is 3. The maximum atomic E-state index is 10.1. The molecule has 0 aliphatic rings. The second kappa shape index (κ2) is 7.79. The van der Waals surface area contributed by atoms with Crippen molar-refractivity contribution >= 4 is 31.3 Å². The van der Waals surface area contributed by atoms with Crippen LogP contribution in [-0.2, 0) is 13.6 Å². The predicted octanol–water partition coefficient (Wildman–Crippen LogP) is 1.17. The van der Waals surface area contributed by atoms with E-state index in [1.165, 1.54) is 7.11 Å². The van der Waals surface area contributed by atoms with E-state index in [0.29, 0.717) is 6.61 Å². The molecular formula is C3H10MgO3P+. The van der Waals surface area contributed by atoms with Crippen molar-refractivity contribution in [3.05, 3.63) is 0 Å². The molecule has 1 atom stereocenters. The van der Waals surface area contributed by atoms with Gasteiger partial charge in [0, 0.05) is 4.57 Å². The fourth-order valence-electron chi connectivity index (χ4n) is 0.158. The van der Waals surface area contributed by atoms with Crippen LogP contribution in [0.3, 0.4) is 0 Å². The Morgan fingerprint density at radius 3 is 2.38 bits per heavy atom. The van der Waals surface area contributed by atoms with Gasteiger partial charge < -0.3 is 2.85 Å². The molecule has 0 heterocycles. The van der Waals surface area contributed by atoms with Crippen molar-refractivity contribution in [2.24, 2.45) is 0 Å². The summed E-state index contributed by atoms with van der Waals surface area (Å²) in [6.07, 6.45) is 0. The first-order valence-corrected chi connectivity index (χ1v) is 3.05. The van der Waals surface area contributed by atoms with Gasteiger partial charge in [0.2, 0.25) is 0 Å². The zero-order valence-electron chi connectivity index (χ0n) is 7.09. The van der Waals surface area contributed by atoms with Crippen LogP contribution in [0.2, 0.25) is 0 Å². The fourth-order valence-corrected chi connectivity index (χ4v) is 0.474. The van der Waals surface area contributed by atoms with Crippen LogP contribution >= 0.6 is 8.25 Å². The Bertz CT molecular complexity index is 74.8. The summed E-state index contributed by atoms with van der Waals surface area (Å²) in [7, 11) is -0.487. The standard InChI is InChI=1S/C3H8O3P.Mg.2H/c1-3-6-7(4)5-2;;;/h3H2,1-2H3;;;/q+1;+2;2*-1. The van der Waals surface area contributed by atoms with Gasteiger partial charge in [-0.2, -0.15) is 0 Å². The Hall–Kier alpha value is 0.786. The van der Waals surface area contributed by atoms with E-state index in [9.17, 15) is 4.57 Å². The molecule has 0 bridgehead atoms. The molecule has 0 aromatic rings. The molecule has 0 fully saturated rings. The fraction of sp³-hybridized carbons (Fsp3) is 1.00. The molecule has 0 aromatic carbocycles. The quantitative estimate of drug-likeness (QED) is 0.446. The van der Waals surface area contributed by atoms with Gasteiger partial charge in [-0.15, -0.1) is 9.05 Å². The molecule has 0 radical (unpaired) electrons. The molecule has 0 aliphatic heterocycles. The van der Waals surface area contributed by atoms with Gasteiger partial charge in [-0.05, 0) is 6.92 Å². The van der Waals surface area contributed by atoms with Crippen LogP contribution in [0, 0.1) is 0 Å². The molecule has 0 rings (SSSR count). The molecule has 0 saturated heterocycles. The Labute approximate surface area is 68.8 Å². The van der Waals surface area contributed by atoms with Crippen molar-refractivity contribution in [3.8, 4) is 0 Å². The van der Waals surface area contributed by atoms with E-state index < -0.39 is 8.25 Å². The Balaban J connectivity index is -0.0000000600. The predicted molar refractivity (Wildman–Crippen MR) is 34.2 cm³/mol. The molecule has 1 unspecified atom stereocenters. The van der Waals surface area contributed by atoms with Gasteiger partial charge in [-0.1, -0.05) is 0 Å². The zero-order chi connectivity index (χ0) is 5.70. The average Bonchev–Trinajstić information content (AvgIpc) is 1.68. The second-order valence-corrected chi connectivity index (χ2v) is 1.89. The molecule has 46 valence electrons. The van der Waals surface area contributed by atoms with Gasteiger partial charge in [-0.25, -0.2) is 0 Å². The normalized spacial score (nSPS) is 10.0.